The number of hydrogen-bond acceptors (Lipinski definition) is 1. The molecule has 98 valence electrons. The zero-order chi connectivity index (χ0) is 12.3. The zero-order valence-corrected chi connectivity index (χ0v) is 11.3. The SMILES string of the molecule is Cn1cccc1C(N)C1C2CC3CC(C2)CC1C3. The standard InChI is InChI=1S/C16H24N2/c1-18-4-2-3-14(18)16(17)15-12-6-10-5-11(8-12)9-13(15)7-10/h2-4,10-13,15-16H,5-9,17H2,1H3. The van der Waals surface area contributed by atoms with E-state index >= 15 is 0 Å². The van der Waals surface area contributed by atoms with Crippen LogP contribution in [0.1, 0.15) is 43.8 Å². The van der Waals surface area contributed by atoms with Crippen LogP contribution < -0.4 is 5.73 Å². The van der Waals surface area contributed by atoms with Gasteiger partial charge in [0.05, 0.1) is 0 Å². The van der Waals surface area contributed by atoms with Crippen molar-refractivity contribution in [1.29, 1.82) is 0 Å². The summed E-state index contributed by atoms with van der Waals surface area (Å²) < 4.78 is 2.22. The molecule has 4 saturated carbocycles. The molecule has 0 radical (unpaired) electrons. The maximum atomic E-state index is 6.64. The van der Waals surface area contributed by atoms with E-state index in [1.165, 1.54) is 37.8 Å². The van der Waals surface area contributed by atoms with Crippen molar-refractivity contribution >= 4 is 0 Å². The summed E-state index contributed by atoms with van der Waals surface area (Å²) in [4.78, 5) is 0. The minimum absolute atomic E-state index is 0.264. The molecule has 18 heavy (non-hydrogen) atoms. The van der Waals surface area contributed by atoms with Gasteiger partial charge in [-0.2, -0.15) is 0 Å². The van der Waals surface area contributed by atoms with E-state index in [9.17, 15) is 0 Å². The number of rotatable bonds is 2. The number of nitrogens with two attached hydrogens (primary N) is 1. The summed E-state index contributed by atoms with van der Waals surface area (Å²) in [5, 5.41) is 0. The number of aromatic nitrogens is 1. The molecule has 0 amide bonds. The molecular formula is C16H24N2. The van der Waals surface area contributed by atoms with Gasteiger partial charge in [0.1, 0.15) is 0 Å². The van der Waals surface area contributed by atoms with Crippen LogP contribution in [0.2, 0.25) is 0 Å². The van der Waals surface area contributed by atoms with Crippen LogP contribution in [0, 0.1) is 29.6 Å². The minimum atomic E-state index is 0.264. The van der Waals surface area contributed by atoms with Crippen LogP contribution in [0.4, 0.5) is 0 Å². The predicted molar refractivity (Wildman–Crippen MR) is 72.9 cm³/mol. The Morgan fingerprint density at radius 2 is 1.72 bits per heavy atom. The summed E-state index contributed by atoms with van der Waals surface area (Å²) in [5.41, 5.74) is 7.98. The van der Waals surface area contributed by atoms with Crippen LogP contribution in [-0.2, 0) is 7.05 Å². The second kappa shape index (κ2) is 3.86. The van der Waals surface area contributed by atoms with E-state index in [0.29, 0.717) is 0 Å². The number of nitrogens with zero attached hydrogens (tertiary/aromatic N) is 1. The molecule has 0 spiro atoms. The largest absolute Gasteiger partial charge is 0.353 e. The smallest absolute Gasteiger partial charge is 0.0483 e. The van der Waals surface area contributed by atoms with E-state index in [-0.39, 0.29) is 6.04 Å². The molecule has 1 unspecified atom stereocenters. The van der Waals surface area contributed by atoms with Gasteiger partial charge < -0.3 is 10.3 Å². The maximum Gasteiger partial charge on any atom is 0.0483 e. The molecule has 4 bridgehead atoms. The fourth-order valence-electron chi connectivity index (χ4n) is 5.57. The van der Waals surface area contributed by atoms with Crippen LogP contribution >= 0.6 is 0 Å². The summed E-state index contributed by atoms with van der Waals surface area (Å²) in [7, 11) is 2.13. The molecule has 1 aromatic heterocycles. The van der Waals surface area contributed by atoms with Crippen LogP contribution in [0.3, 0.4) is 0 Å². The molecule has 1 heterocycles. The third-order valence-electron chi connectivity index (χ3n) is 6.04. The molecule has 4 aliphatic carbocycles. The molecule has 0 aromatic carbocycles. The Balaban J connectivity index is 1.63. The van der Waals surface area contributed by atoms with Crippen molar-refractivity contribution < 1.29 is 0 Å². The molecule has 4 fully saturated rings. The number of hydrogen-bond donors (Lipinski definition) is 1. The predicted octanol–water partition coefficient (Wildman–Crippen LogP) is 3.10. The van der Waals surface area contributed by atoms with Crippen LogP contribution in [-0.4, -0.2) is 4.57 Å². The lowest BCUT2D eigenvalue weighted by Gasteiger charge is -2.56. The average Bonchev–Trinajstić information content (AvgIpc) is 2.73. The van der Waals surface area contributed by atoms with Crippen molar-refractivity contribution in [1.82, 2.24) is 4.57 Å². The highest BCUT2D eigenvalue weighted by molar-refractivity contribution is 5.15. The Hall–Kier alpha value is -0.760. The van der Waals surface area contributed by atoms with Crippen molar-refractivity contribution in [3.05, 3.63) is 24.0 Å². The Morgan fingerprint density at radius 1 is 1.11 bits per heavy atom. The van der Waals surface area contributed by atoms with Crippen LogP contribution in [0.15, 0.2) is 18.3 Å². The summed E-state index contributed by atoms with van der Waals surface area (Å²) in [5.74, 6) is 4.69. The molecule has 0 saturated heterocycles. The normalized spacial score (nSPS) is 43.3. The lowest BCUT2D eigenvalue weighted by Crippen LogP contribution is -2.48. The van der Waals surface area contributed by atoms with E-state index in [1.807, 2.05) is 0 Å². The zero-order valence-electron chi connectivity index (χ0n) is 11.3. The Kier molecular flexibility index (Phi) is 2.38. The van der Waals surface area contributed by atoms with E-state index in [4.69, 9.17) is 5.73 Å². The van der Waals surface area contributed by atoms with Crippen molar-refractivity contribution in [2.45, 2.75) is 38.1 Å². The van der Waals surface area contributed by atoms with E-state index in [1.54, 1.807) is 0 Å². The second-order valence-corrected chi connectivity index (χ2v) is 7.08. The fraction of sp³-hybridized carbons (Fsp3) is 0.750. The van der Waals surface area contributed by atoms with Crippen molar-refractivity contribution in [2.75, 3.05) is 0 Å². The molecule has 2 nitrogen and oxygen atoms in total. The average molecular weight is 244 g/mol. The first-order valence-corrected chi connectivity index (χ1v) is 7.59. The third kappa shape index (κ3) is 1.51. The highest BCUT2D eigenvalue weighted by Crippen LogP contribution is 2.58. The highest BCUT2D eigenvalue weighted by Gasteiger charge is 2.50. The molecule has 2 N–H and O–H groups in total. The Morgan fingerprint density at radius 3 is 2.22 bits per heavy atom. The second-order valence-electron chi connectivity index (χ2n) is 7.08. The van der Waals surface area contributed by atoms with Gasteiger partial charge in [-0.1, -0.05) is 0 Å². The Bertz CT molecular complexity index is 420. The molecule has 1 atom stereocenters. The fourth-order valence-corrected chi connectivity index (χ4v) is 5.57. The highest BCUT2D eigenvalue weighted by atomic mass is 15.0. The van der Waals surface area contributed by atoms with Gasteiger partial charge in [0, 0.05) is 25.0 Å². The maximum absolute atomic E-state index is 6.64. The molecule has 5 rings (SSSR count). The van der Waals surface area contributed by atoms with Crippen LogP contribution in [0.25, 0.3) is 0 Å². The number of aryl methyl sites for hydroxylation is 1. The van der Waals surface area contributed by atoms with E-state index in [0.717, 1.165) is 29.6 Å². The summed E-state index contributed by atoms with van der Waals surface area (Å²) in [6, 6.07) is 4.61. The first-order valence-electron chi connectivity index (χ1n) is 7.59. The van der Waals surface area contributed by atoms with Gasteiger partial charge in [-0.15, -0.1) is 0 Å². The van der Waals surface area contributed by atoms with Crippen molar-refractivity contribution in [3.8, 4) is 0 Å². The molecule has 1 aromatic rings. The van der Waals surface area contributed by atoms with Gasteiger partial charge in [0.15, 0.2) is 0 Å². The third-order valence-corrected chi connectivity index (χ3v) is 6.04. The molecule has 2 heteroatoms. The summed E-state index contributed by atoms with van der Waals surface area (Å²) in [6.07, 6.45) is 9.53. The molecular weight excluding hydrogens is 220 g/mol. The monoisotopic (exact) mass is 244 g/mol. The first kappa shape index (κ1) is 11.1. The molecule has 4 aliphatic rings. The minimum Gasteiger partial charge on any atom is -0.353 e. The quantitative estimate of drug-likeness (QED) is 0.851. The van der Waals surface area contributed by atoms with E-state index in [2.05, 4.69) is 29.9 Å². The van der Waals surface area contributed by atoms with E-state index < -0.39 is 0 Å². The van der Waals surface area contributed by atoms with Gasteiger partial charge in [0.2, 0.25) is 0 Å². The van der Waals surface area contributed by atoms with Crippen molar-refractivity contribution in [2.24, 2.45) is 42.4 Å². The topological polar surface area (TPSA) is 30.9 Å². The lowest BCUT2D eigenvalue weighted by atomic mass is 9.50. The van der Waals surface area contributed by atoms with Crippen molar-refractivity contribution in [3.63, 3.8) is 0 Å². The molecule has 0 aliphatic heterocycles. The first-order chi connectivity index (χ1) is 8.72. The van der Waals surface area contributed by atoms with Gasteiger partial charge in [0.25, 0.3) is 0 Å². The van der Waals surface area contributed by atoms with Crippen LogP contribution in [0.5, 0.6) is 0 Å². The van der Waals surface area contributed by atoms with Gasteiger partial charge in [-0.25, -0.2) is 0 Å². The van der Waals surface area contributed by atoms with Gasteiger partial charge in [-0.05, 0) is 73.8 Å². The summed E-state index contributed by atoms with van der Waals surface area (Å²) in [6.45, 7) is 0. The lowest BCUT2D eigenvalue weighted by molar-refractivity contribution is -0.0479. The van der Waals surface area contributed by atoms with Gasteiger partial charge >= 0.3 is 0 Å². The van der Waals surface area contributed by atoms with Gasteiger partial charge in [-0.3, -0.25) is 0 Å². The summed E-state index contributed by atoms with van der Waals surface area (Å²) >= 11 is 0. The Labute approximate surface area is 110 Å².